The molecule has 0 aromatic heterocycles. The molecule has 0 aliphatic heterocycles. The minimum atomic E-state index is -0.332. The number of methoxy groups -OCH3 is 1. The largest absolute Gasteiger partial charge is 0.486 e. The predicted octanol–water partition coefficient (Wildman–Crippen LogP) is 3.93. The molecule has 1 aliphatic carbocycles. The molecule has 3 rings (SSSR count). The van der Waals surface area contributed by atoms with Gasteiger partial charge in [0.15, 0.2) is 0 Å². The summed E-state index contributed by atoms with van der Waals surface area (Å²) in [6.45, 7) is 2.59. The van der Waals surface area contributed by atoms with Gasteiger partial charge >= 0.3 is 5.97 Å². The minimum absolute atomic E-state index is 0.0585. The number of aryl methyl sites for hydroxylation is 1. The summed E-state index contributed by atoms with van der Waals surface area (Å²) < 4.78 is 24.1. The summed E-state index contributed by atoms with van der Waals surface area (Å²) in [4.78, 5) is 12.1. The fourth-order valence-electron chi connectivity index (χ4n) is 3.23. The molecule has 1 aliphatic rings. The Hall–Kier alpha value is -2.66. The molecule has 0 bridgehead atoms. The highest BCUT2D eigenvalue weighted by Gasteiger charge is 2.27. The van der Waals surface area contributed by atoms with Crippen molar-refractivity contribution in [3.63, 3.8) is 0 Å². The number of ether oxygens (including phenoxy) is 2. The van der Waals surface area contributed by atoms with Crippen molar-refractivity contribution >= 4 is 5.97 Å². The number of carbonyl (C=O) groups is 1. The summed E-state index contributed by atoms with van der Waals surface area (Å²) in [5, 5.41) is 3.45. The molecule has 5 heteroatoms. The summed E-state index contributed by atoms with van der Waals surface area (Å²) >= 11 is 0. The Morgan fingerprint density at radius 1 is 1.19 bits per heavy atom. The van der Waals surface area contributed by atoms with E-state index in [9.17, 15) is 9.18 Å². The number of hydrogen-bond acceptors (Lipinski definition) is 4. The molecule has 0 saturated carbocycles. The van der Waals surface area contributed by atoms with E-state index >= 15 is 0 Å². The van der Waals surface area contributed by atoms with E-state index < -0.39 is 0 Å². The predicted molar refractivity (Wildman–Crippen MR) is 102 cm³/mol. The van der Waals surface area contributed by atoms with Crippen molar-refractivity contribution in [2.24, 2.45) is 0 Å². The highest BCUT2D eigenvalue weighted by Crippen LogP contribution is 2.26. The van der Waals surface area contributed by atoms with Gasteiger partial charge in [-0.3, -0.25) is 0 Å². The molecule has 1 N–H and O–H groups in total. The van der Waals surface area contributed by atoms with Crippen molar-refractivity contribution in [2.75, 3.05) is 7.11 Å². The maximum Gasteiger partial charge on any atom is 0.333 e. The smallest absolute Gasteiger partial charge is 0.333 e. The van der Waals surface area contributed by atoms with Crippen LogP contribution in [0.4, 0.5) is 4.39 Å². The zero-order valence-corrected chi connectivity index (χ0v) is 15.6. The van der Waals surface area contributed by atoms with Crippen LogP contribution in [-0.4, -0.2) is 25.2 Å². The van der Waals surface area contributed by atoms with E-state index in [0.717, 1.165) is 23.3 Å². The first-order valence-corrected chi connectivity index (χ1v) is 9.04. The quantitative estimate of drug-likeness (QED) is 0.784. The lowest BCUT2D eigenvalue weighted by atomic mass is 9.92. The third kappa shape index (κ3) is 5.17. The lowest BCUT2D eigenvalue weighted by Gasteiger charge is -2.29. The van der Waals surface area contributed by atoms with Gasteiger partial charge in [0.05, 0.1) is 7.11 Å². The van der Waals surface area contributed by atoms with Gasteiger partial charge < -0.3 is 14.8 Å². The van der Waals surface area contributed by atoms with E-state index in [1.807, 2.05) is 37.3 Å². The average molecular weight is 369 g/mol. The lowest BCUT2D eigenvalue weighted by molar-refractivity contribution is -0.136. The van der Waals surface area contributed by atoms with E-state index in [1.165, 1.54) is 19.2 Å². The van der Waals surface area contributed by atoms with Gasteiger partial charge in [0.2, 0.25) is 0 Å². The molecule has 0 saturated heterocycles. The number of carbonyl (C=O) groups excluding carboxylic acids is 1. The number of nitrogens with one attached hydrogen (secondary N) is 1. The van der Waals surface area contributed by atoms with Crippen LogP contribution in [0.2, 0.25) is 0 Å². The lowest BCUT2D eigenvalue weighted by Crippen LogP contribution is -2.38. The number of rotatable bonds is 6. The molecule has 0 heterocycles. The van der Waals surface area contributed by atoms with Crippen molar-refractivity contribution in [2.45, 2.75) is 38.5 Å². The van der Waals surface area contributed by atoms with Gasteiger partial charge in [-0.05, 0) is 48.7 Å². The van der Waals surface area contributed by atoms with Crippen LogP contribution >= 0.6 is 0 Å². The van der Waals surface area contributed by atoms with Crippen molar-refractivity contribution in [3.05, 3.63) is 77.1 Å². The fraction of sp³-hybridized carbons (Fsp3) is 0.318. The van der Waals surface area contributed by atoms with Gasteiger partial charge in [-0.15, -0.1) is 0 Å². The first-order chi connectivity index (χ1) is 13.0. The number of para-hydroxylation sites is 1. The maximum absolute atomic E-state index is 13.1. The Balaban J connectivity index is 1.70. The van der Waals surface area contributed by atoms with Crippen LogP contribution in [0.25, 0.3) is 0 Å². The molecule has 27 heavy (non-hydrogen) atoms. The van der Waals surface area contributed by atoms with E-state index in [2.05, 4.69) is 5.32 Å². The second kappa shape index (κ2) is 8.82. The standard InChI is InChI=1S/C22H24FNO3/c1-15-5-3-4-6-21(15)27-20-12-17(22(25)26-2)11-19(13-20)24-14-16-7-9-18(23)10-8-16/h3-10,12,19-20,24H,11,13-14H2,1-2H3. The number of halogens is 1. The second-order valence-electron chi connectivity index (χ2n) is 6.75. The zero-order valence-electron chi connectivity index (χ0n) is 15.6. The SMILES string of the molecule is COC(=O)C1=CC(Oc2ccccc2C)CC(NCc2ccc(F)cc2)C1. The van der Waals surface area contributed by atoms with Crippen LogP contribution in [0, 0.1) is 12.7 Å². The maximum atomic E-state index is 13.1. The number of benzene rings is 2. The molecule has 4 nitrogen and oxygen atoms in total. The van der Waals surface area contributed by atoms with Crippen molar-refractivity contribution < 1.29 is 18.7 Å². The van der Waals surface area contributed by atoms with Crippen LogP contribution in [-0.2, 0) is 16.1 Å². The first-order valence-electron chi connectivity index (χ1n) is 9.04. The van der Waals surface area contributed by atoms with Crippen LogP contribution < -0.4 is 10.1 Å². The summed E-state index contributed by atoms with van der Waals surface area (Å²) in [5.74, 6) is 0.225. The van der Waals surface area contributed by atoms with Crippen LogP contribution in [0.3, 0.4) is 0 Å². The van der Waals surface area contributed by atoms with E-state index in [4.69, 9.17) is 9.47 Å². The highest BCUT2D eigenvalue weighted by atomic mass is 19.1. The fourth-order valence-corrected chi connectivity index (χ4v) is 3.23. The van der Waals surface area contributed by atoms with E-state index in [-0.39, 0.29) is 23.9 Å². The van der Waals surface area contributed by atoms with Crippen LogP contribution in [0.5, 0.6) is 5.75 Å². The molecular formula is C22H24FNO3. The summed E-state index contributed by atoms with van der Waals surface area (Å²) in [7, 11) is 1.38. The molecule has 2 unspecified atom stereocenters. The number of hydrogen-bond donors (Lipinski definition) is 1. The average Bonchev–Trinajstić information content (AvgIpc) is 2.68. The van der Waals surface area contributed by atoms with Gasteiger partial charge in [0.25, 0.3) is 0 Å². The normalized spacial score (nSPS) is 19.3. The Labute approximate surface area is 159 Å². The van der Waals surface area contributed by atoms with E-state index in [1.54, 1.807) is 12.1 Å². The molecule has 142 valence electrons. The molecule has 0 spiro atoms. The van der Waals surface area contributed by atoms with Crippen LogP contribution in [0.1, 0.15) is 24.0 Å². The number of esters is 1. The molecule has 2 aromatic carbocycles. The molecule has 0 fully saturated rings. The first kappa shape index (κ1) is 19.1. The van der Waals surface area contributed by atoms with Gasteiger partial charge in [-0.25, -0.2) is 9.18 Å². The molecule has 2 aromatic rings. The zero-order chi connectivity index (χ0) is 19.2. The third-order valence-corrected chi connectivity index (χ3v) is 4.70. The molecule has 0 amide bonds. The highest BCUT2D eigenvalue weighted by molar-refractivity contribution is 5.88. The van der Waals surface area contributed by atoms with Crippen LogP contribution in [0.15, 0.2) is 60.2 Å². The Morgan fingerprint density at radius 2 is 1.93 bits per heavy atom. The van der Waals surface area contributed by atoms with Crippen molar-refractivity contribution in [1.29, 1.82) is 0 Å². The Bertz CT molecular complexity index is 817. The Morgan fingerprint density at radius 3 is 2.63 bits per heavy atom. The summed E-state index contributed by atoms with van der Waals surface area (Å²) in [5.41, 5.74) is 2.65. The van der Waals surface area contributed by atoms with Crippen molar-refractivity contribution in [3.8, 4) is 5.75 Å². The topological polar surface area (TPSA) is 47.6 Å². The van der Waals surface area contributed by atoms with E-state index in [0.29, 0.717) is 18.5 Å². The minimum Gasteiger partial charge on any atom is -0.486 e. The second-order valence-corrected chi connectivity index (χ2v) is 6.75. The summed E-state index contributed by atoms with van der Waals surface area (Å²) in [6.07, 6.45) is 2.94. The van der Waals surface area contributed by atoms with Gasteiger partial charge in [-0.2, -0.15) is 0 Å². The monoisotopic (exact) mass is 369 g/mol. The summed E-state index contributed by atoms with van der Waals surface area (Å²) in [6, 6.07) is 14.3. The molecule has 0 radical (unpaired) electrons. The van der Waals surface area contributed by atoms with Crippen molar-refractivity contribution in [1.82, 2.24) is 5.32 Å². The van der Waals surface area contributed by atoms with Gasteiger partial charge in [0, 0.05) is 24.6 Å². The molecular weight excluding hydrogens is 345 g/mol. The van der Waals surface area contributed by atoms with Gasteiger partial charge in [0.1, 0.15) is 17.7 Å². The Kier molecular flexibility index (Phi) is 6.24. The van der Waals surface area contributed by atoms with Gasteiger partial charge in [-0.1, -0.05) is 30.3 Å². The third-order valence-electron chi connectivity index (χ3n) is 4.70. The molecule has 2 atom stereocenters.